The normalized spacial score (nSPS) is 8.57. The smallest absolute Gasteiger partial charge is 0.123 e. The number of hydrogen-bond acceptors (Lipinski definition) is 6. The van der Waals surface area contributed by atoms with Crippen molar-refractivity contribution in [3.8, 4) is 0 Å². The second-order valence-electron chi connectivity index (χ2n) is 3.82. The highest BCUT2D eigenvalue weighted by atomic mass is 14.8. The minimum Gasteiger partial charge on any atom is -0.399 e. The van der Waals surface area contributed by atoms with Crippen molar-refractivity contribution < 1.29 is 0 Å². The van der Waals surface area contributed by atoms with Crippen molar-refractivity contribution in [2.24, 2.45) is 0 Å². The molecule has 0 radical (unpaired) electrons. The molecular formula is C15H18N6. The summed E-state index contributed by atoms with van der Waals surface area (Å²) in [7, 11) is 0. The van der Waals surface area contributed by atoms with Crippen molar-refractivity contribution >= 4 is 17.2 Å². The van der Waals surface area contributed by atoms with Crippen LogP contribution < -0.4 is 17.2 Å². The van der Waals surface area contributed by atoms with Gasteiger partial charge in [-0.2, -0.15) is 0 Å². The first-order valence-corrected chi connectivity index (χ1v) is 6.16. The molecule has 3 aromatic rings. The average molecular weight is 282 g/mol. The molecule has 108 valence electrons. The molecule has 6 nitrogen and oxygen atoms in total. The molecule has 0 fully saturated rings. The van der Waals surface area contributed by atoms with E-state index in [-0.39, 0.29) is 0 Å². The summed E-state index contributed by atoms with van der Waals surface area (Å²) in [5, 5.41) is 0. The fourth-order valence-electron chi connectivity index (χ4n) is 1.12. The number of pyridine rings is 3. The Morgan fingerprint density at radius 1 is 0.619 bits per heavy atom. The Morgan fingerprint density at radius 3 is 1.67 bits per heavy atom. The Balaban J connectivity index is 0.000000157. The minimum atomic E-state index is 0.572. The monoisotopic (exact) mass is 282 g/mol. The van der Waals surface area contributed by atoms with Crippen molar-refractivity contribution in [1.82, 2.24) is 15.0 Å². The van der Waals surface area contributed by atoms with E-state index in [1.54, 1.807) is 61.3 Å². The van der Waals surface area contributed by atoms with Crippen LogP contribution in [0.3, 0.4) is 0 Å². The highest BCUT2D eigenvalue weighted by Gasteiger charge is 1.74. The van der Waals surface area contributed by atoms with Crippen LogP contribution in [0.2, 0.25) is 0 Å². The van der Waals surface area contributed by atoms with Gasteiger partial charge in [-0.15, -0.1) is 0 Å². The fraction of sp³-hybridized carbons (Fsp3) is 0. The number of nitrogens with zero attached hydrogens (tertiary/aromatic N) is 3. The summed E-state index contributed by atoms with van der Waals surface area (Å²) >= 11 is 0. The highest BCUT2D eigenvalue weighted by molar-refractivity contribution is 5.33. The van der Waals surface area contributed by atoms with Gasteiger partial charge < -0.3 is 17.2 Å². The minimum absolute atomic E-state index is 0.572. The molecule has 0 unspecified atom stereocenters. The maximum Gasteiger partial charge on any atom is 0.123 e. The van der Waals surface area contributed by atoms with E-state index in [1.165, 1.54) is 0 Å². The third-order valence-corrected chi connectivity index (χ3v) is 2.08. The predicted molar refractivity (Wildman–Crippen MR) is 85.9 cm³/mol. The lowest BCUT2D eigenvalue weighted by Crippen LogP contribution is -1.85. The van der Waals surface area contributed by atoms with E-state index in [9.17, 15) is 0 Å². The number of hydrogen-bond donors (Lipinski definition) is 3. The van der Waals surface area contributed by atoms with Crippen LogP contribution in [0.4, 0.5) is 17.2 Å². The standard InChI is InChI=1S/3C5H6N2/c6-5-1-3-7-4-2-5;6-5-2-1-3-7-4-5;6-5-3-1-2-4-7-5/h1-4H,(H2,6,7);1-4H,6H2;1-4H,(H2,6,7). The van der Waals surface area contributed by atoms with Gasteiger partial charge in [0.25, 0.3) is 0 Å². The Labute approximate surface area is 123 Å². The van der Waals surface area contributed by atoms with E-state index >= 15 is 0 Å². The summed E-state index contributed by atoms with van der Waals surface area (Å²) in [6, 6.07) is 12.5. The molecule has 0 saturated heterocycles. The molecule has 3 rings (SSSR count). The van der Waals surface area contributed by atoms with Gasteiger partial charge in [0, 0.05) is 36.7 Å². The Kier molecular flexibility index (Phi) is 7.38. The van der Waals surface area contributed by atoms with Crippen LogP contribution >= 0.6 is 0 Å². The number of aromatic nitrogens is 3. The van der Waals surface area contributed by atoms with Crippen molar-refractivity contribution in [2.45, 2.75) is 0 Å². The van der Waals surface area contributed by atoms with Crippen LogP contribution in [0.1, 0.15) is 0 Å². The van der Waals surface area contributed by atoms with E-state index in [2.05, 4.69) is 15.0 Å². The van der Waals surface area contributed by atoms with Crippen molar-refractivity contribution in [1.29, 1.82) is 0 Å². The van der Waals surface area contributed by atoms with Gasteiger partial charge in [0.1, 0.15) is 5.82 Å². The van der Waals surface area contributed by atoms with E-state index < -0.39 is 0 Å². The quantitative estimate of drug-likeness (QED) is 0.580. The second-order valence-corrected chi connectivity index (χ2v) is 3.82. The summed E-state index contributed by atoms with van der Waals surface area (Å²) in [4.78, 5) is 11.3. The molecule has 0 aromatic carbocycles. The third-order valence-electron chi connectivity index (χ3n) is 2.08. The van der Waals surface area contributed by atoms with Crippen LogP contribution in [0.25, 0.3) is 0 Å². The maximum atomic E-state index is 5.32. The van der Waals surface area contributed by atoms with Gasteiger partial charge in [0.05, 0.1) is 5.69 Å². The Morgan fingerprint density at radius 2 is 1.38 bits per heavy atom. The summed E-state index contributed by atoms with van der Waals surface area (Å²) in [5.41, 5.74) is 17.3. The van der Waals surface area contributed by atoms with Gasteiger partial charge in [0.15, 0.2) is 0 Å². The van der Waals surface area contributed by atoms with Crippen molar-refractivity contribution in [3.63, 3.8) is 0 Å². The van der Waals surface area contributed by atoms with Gasteiger partial charge in [-0.05, 0) is 36.4 Å². The molecule has 0 aliphatic heterocycles. The highest BCUT2D eigenvalue weighted by Crippen LogP contribution is 1.93. The molecule has 0 amide bonds. The van der Waals surface area contributed by atoms with E-state index in [1.807, 2.05) is 12.1 Å². The molecule has 0 aliphatic rings. The summed E-state index contributed by atoms with van der Waals surface area (Å²) in [5.74, 6) is 0.572. The first-order chi connectivity index (χ1) is 10.2. The van der Waals surface area contributed by atoms with E-state index in [0.29, 0.717) is 11.5 Å². The molecule has 0 atom stereocenters. The predicted octanol–water partition coefficient (Wildman–Crippen LogP) is 1.99. The Hall–Kier alpha value is -3.15. The van der Waals surface area contributed by atoms with Crippen molar-refractivity contribution in [2.75, 3.05) is 17.2 Å². The van der Waals surface area contributed by atoms with Crippen molar-refractivity contribution in [3.05, 3.63) is 73.4 Å². The zero-order valence-electron chi connectivity index (χ0n) is 11.5. The third kappa shape index (κ3) is 8.55. The van der Waals surface area contributed by atoms with Gasteiger partial charge in [-0.3, -0.25) is 9.97 Å². The lowest BCUT2D eigenvalue weighted by Gasteiger charge is -1.83. The van der Waals surface area contributed by atoms with Crippen LogP contribution in [0.5, 0.6) is 0 Å². The lowest BCUT2D eigenvalue weighted by atomic mass is 10.4. The van der Waals surface area contributed by atoms with Gasteiger partial charge >= 0.3 is 0 Å². The van der Waals surface area contributed by atoms with Crippen LogP contribution in [0.15, 0.2) is 73.4 Å². The van der Waals surface area contributed by atoms with Crippen LogP contribution in [-0.4, -0.2) is 15.0 Å². The largest absolute Gasteiger partial charge is 0.399 e. The molecule has 0 bridgehead atoms. The molecule has 3 aromatic heterocycles. The molecule has 0 spiro atoms. The fourth-order valence-corrected chi connectivity index (χ4v) is 1.12. The zero-order valence-corrected chi connectivity index (χ0v) is 11.5. The molecule has 6 N–H and O–H groups in total. The van der Waals surface area contributed by atoms with Gasteiger partial charge in [-0.1, -0.05) is 6.07 Å². The number of anilines is 3. The summed E-state index contributed by atoms with van der Waals surface area (Å²) < 4.78 is 0. The summed E-state index contributed by atoms with van der Waals surface area (Å²) in [6.45, 7) is 0. The SMILES string of the molecule is Nc1ccccn1.Nc1cccnc1.Nc1ccncc1. The number of rotatable bonds is 0. The summed E-state index contributed by atoms with van der Waals surface area (Å²) in [6.07, 6.45) is 8.29. The van der Waals surface area contributed by atoms with Crippen LogP contribution in [0, 0.1) is 0 Å². The van der Waals surface area contributed by atoms with Gasteiger partial charge in [0.2, 0.25) is 0 Å². The lowest BCUT2D eigenvalue weighted by molar-refractivity contribution is 1.33. The Bertz CT molecular complexity index is 497. The zero-order chi connectivity index (χ0) is 15.3. The topological polar surface area (TPSA) is 117 Å². The van der Waals surface area contributed by atoms with E-state index in [4.69, 9.17) is 17.2 Å². The first kappa shape index (κ1) is 15.9. The van der Waals surface area contributed by atoms with Gasteiger partial charge in [-0.25, -0.2) is 4.98 Å². The molecule has 3 heterocycles. The second kappa shape index (κ2) is 9.74. The molecule has 0 saturated carbocycles. The number of nitrogen functional groups attached to an aromatic ring is 3. The first-order valence-electron chi connectivity index (χ1n) is 6.16. The molecule has 6 heteroatoms. The average Bonchev–Trinajstić information content (AvgIpc) is 2.51. The van der Waals surface area contributed by atoms with E-state index in [0.717, 1.165) is 5.69 Å². The maximum absolute atomic E-state index is 5.32. The molecule has 0 aliphatic carbocycles. The number of nitrogens with two attached hydrogens (primary N) is 3. The molecule has 21 heavy (non-hydrogen) atoms. The molecular weight excluding hydrogens is 264 g/mol. The van der Waals surface area contributed by atoms with Crippen LogP contribution in [-0.2, 0) is 0 Å².